The minimum absolute atomic E-state index is 0.0408. The van der Waals surface area contributed by atoms with E-state index < -0.39 is 11.7 Å². The summed E-state index contributed by atoms with van der Waals surface area (Å²) in [5.41, 5.74) is 6.63. The van der Waals surface area contributed by atoms with Crippen LogP contribution in [0.5, 0.6) is 0 Å². The maximum absolute atomic E-state index is 12.9. The fourth-order valence-corrected chi connectivity index (χ4v) is 1.91. The van der Waals surface area contributed by atoms with Crippen molar-refractivity contribution in [2.75, 3.05) is 11.1 Å². The summed E-state index contributed by atoms with van der Waals surface area (Å²) in [6.45, 7) is 0. The van der Waals surface area contributed by atoms with Crippen LogP contribution in [0.4, 0.5) is 15.8 Å². The molecule has 19 heavy (non-hydrogen) atoms. The number of nitrogen functional groups attached to an aromatic ring is 1. The van der Waals surface area contributed by atoms with Crippen molar-refractivity contribution in [2.45, 2.75) is 0 Å². The van der Waals surface area contributed by atoms with E-state index in [0.717, 1.165) is 12.1 Å². The van der Waals surface area contributed by atoms with E-state index in [1.165, 1.54) is 12.1 Å². The van der Waals surface area contributed by atoms with E-state index in [1.54, 1.807) is 12.1 Å². The van der Waals surface area contributed by atoms with Gasteiger partial charge in [-0.2, -0.15) is 0 Å². The summed E-state index contributed by atoms with van der Waals surface area (Å²) in [4.78, 5) is 12.0. The van der Waals surface area contributed by atoms with Gasteiger partial charge in [0.05, 0.1) is 21.3 Å². The molecule has 0 aliphatic heterocycles. The second-order valence-electron chi connectivity index (χ2n) is 3.81. The molecule has 0 saturated heterocycles. The SMILES string of the molecule is Nc1ccc(NC(=O)c2ccc(F)cc2Cl)cc1Cl. The molecule has 3 N–H and O–H groups in total. The van der Waals surface area contributed by atoms with Crippen molar-refractivity contribution in [3.05, 3.63) is 57.8 Å². The molecule has 0 fully saturated rings. The Morgan fingerprint density at radius 3 is 2.47 bits per heavy atom. The van der Waals surface area contributed by atoms with Crippen LogP contribution in [-0.2, 0) is 0 Å². The Morgan fingerprint density at radius 2 is 1.84 bits per heavy atom. The molecule has 2 rings (SSSR count). The topological polar surface area (TPSA) is 55.1 Å². The van der Waals surface area contributed by atoms with E-state index in [-0.39, 0.29) is 10.6 Å². The van der Waals surface area contributed by atoms with Crippen LogP contribution in [0.25, 0.3) is 0 Å². The largest absolute Gasteiger partial charge is 0.398 e. The number of hydrogen-bond acceptors (Lipinski definition) is 2. The van der Waals surface area contributed by atoms with Gasteiger partial charge < -0.3 is 11.1 Å². The highest BCUT2D eigenvalue weighted by molar-refractivity contribution is 6.35. The average Bonchev–Trinajstić information content (AvgIpc) is 2.33. The maximum atomic E-state index is 12.9. The molecule has 98 valence electrons. The van der Waals surface area contributed by atoms with Gasteiger partial charge in [0.2, 0.25) is 0 Å². The number of amides is 1. The van der Waals surface area contributed by atoms with Crippen LogP contribution in [-0.4, -0.2) is 5.91 Å². The summed E-state index contributed by atoms with van der Waals surface area (Å²) in [6, 6.07) is 8.25. The number of anilines is 2. The summed E-state index contributed by atoms with van der Waals surface area (Å²) in [6.07, 6.45) is 0. The Morgan fingerprint density at radius 1 is 1.11 bits per heavy atom. The van der Waals surface area contributed by atoms with Gasteiger partial charge in [0.15, 0.2) is 0 Å². The number of hydrogen-bond donors (Lipinski definition) is 2. The monoisotopic (exact) mass is 298 g/mol. The number of carbonyl (C=O) groups is 1. The van der Waals surface area contributed by atoms with Gasteiger partial charge in [-0.15, -0.1) is 0 Å². The lowest BCUT2D eigenvalue weighted by molar-refractivity contribution is 0.102. The maximum Gasteiger partial charge on any atom is 0.257 e. The van der Waals surface area contributed by atoms with Crippen molar-refractivity contribution in [3.63, 3.8) is 0 Å². The molecule has 0 aromatic heterocycles. The molecule has 0 saturated carbocycles. The van der Waals surface area contributed by atoms with Gasteiger partial charge in [-0.25, -0.2) is 4.39 Å². The second kappa shape index (κ2) is 5.47. The predicted molar refractivity (Wildman–Crippen MR) is 75.2 cm³/mol. The zero-order valence-electron chi connectivity index (χ0n) is 9.58. The van der Waals surface area contributed by atoms with Crippen LogP contribution >= 0.6 is 23.2 Å². The van der Waals surface area contributed by atoms with Crippen LogP contribution in [0, 0.1) is 5.82 Å². The van der Waals surface area contributed by atoms with Gasteiger partial charge >= 0.3 is 0 Å². The molecule has 0 aliphatic carbocycles. The first-order chi connectivity index (χ1) is 8.97. The summed E-state index contributed by atoms with van der Waals surface area (Å²) in [5, 5.41) is 2.98. The van der Waals surface area contributed by atoms with Gasteiger partial charge in [0.1, 0.15) is 5.82 Å². The highest BCUT2D eigenvalue weighted by Gasteiger charge is 2.11. The lowest BCUT2D eigenvalue weighted by atomic mass is 10.2. The van der Waals surface area contributed by atoms with E-state index in [4.69, 9.17) is 28.9 Å². The molecule has 0 heterocycles. The molecule has 1 amide bonds. The molecule has 0 unspecified atom stereocenters. The van der Waals surface area contributed by atoms with Crippen molar-refractivity contribution < 1.29 is 9.18 Å². The predicted octanol–water partition coefficient (Wildman–Crippen LogP) is 3.97. The molecule has 0 radical (unpaired) electrons. The summed E-state index contributed by atoms with van der Waals surface area (Å²) in [7, 11) is 0. The Hall–Kier alpha value is -1.78. The molecule has 0 bridgehead atoms. The second-order valence-corrected chi connectivity index (χ2v) is 4.63. The first kappa shape index (κ1) is 13.6. The molecule has 3 nitrogen and oxygen atoms in total. The number of halogens is 3. The number of nitrogens with two attached hydrogens (primary N) is 1. The van der Waals surface area contributed by atoms with E-state index in [2.05, 4.69) is 5.32 Å². The molecular formula is C13H9Cl2FN2O. The third-order valence-electron chi connectivity index (χ3n) is 2.43. The molecule has 2 aromatic carbocycles. The Balaban J connectivity index is 2.23. The molecular weight excluding hydrogens is 290 g/mol. The Labute approximate surface area is 119 Å². The Kier molecular flexibility index (Phi) is 3.93. The van der Waals surface area contributed by atoms with Crippen molar-refractivity contribution in [1.29, 1.82) is 0 Å². The van der Waals surface area contributed by atoms with Crippen LogP contribution in [0.15, 0.2) is 36.4 Å². The fraction of sp³-hybridized carbons (Fsp3) is 0. The van der Waals surface area contributed by atoms with Crippen molar-refractivity contribution in [3.8, 4) is 0 Å². The third kappa shape index (κ3) is 3.16. The van der Waals surface area contributed by atoms with E-state index >= 15 is 0 Å². The number of carbonyl (C=O) groups excluding carboxylic acids is 1. The number of benzene rings is 2. The molecule has 2 aromatic rings. The highest BCUT2D eigenvalue weighted by atomic mass is 35.5. The van der Waals surface area contributed by atoms with Crippen molar-refractivity contribution in [1.82, 2.24) is 0 Å². The van der Waals surface area contributed by atoms with E-state index in [0.29, 0.717) is 16.4 Å². The molecule has 6 heteroatoms. The Bertz CT molecular complexity index is 647. The quantitative estimate of drug-likeness (QED) is 0.824. The summed E-state index contributed by atoms with van der Waals surface area (Å²) in [5.74, 6) is -0.956. The first-order valence-electron chi connectivity index (χ1n) is 5.29. The minimum atomic E-state index is -0.503. The zero-order valence-corrected chi connectivity index (χ0v) is 11.1. The highest BCUT2D eigenvalue weighted by Crippen LogP contribution is 2.24. The first-order valence-corrected chi connectivity index (χ1v) is 6.04. The average molecular weight is 299 g/mol. The smallest absolute Gasteiger partial charge is 0.257 e. The zero-order chi connectivity index (χ0) is 14.0. The fourth-order valence-electron chi connectivity index (χ4n) is 1.48. The van der Waals surface area contributed by atoms with Gasteiger partial charge in [-0.05, 0) is 36.4 Å². The lowest BCUT2D eigenvalue weighted by Crippen LogP contribution is -2.12. The van der Waals surface area contributed by atoms with Gasteiger partial charge in [-0.3, -0.25) is 4.79 Å². The van der Waals surface area contributed by atoms with E-state index in [9.17, 15) is 9.18 Å². The van der Waals surface area contributed by atoms with Crippen LogP contribution in [0.2, 0.25) is 10.0 Å². The minimum Gasteiger partial charge on any atom is -0.398 e. The van der Waals surface area contributed by atoms with Crippen LogP contribution in [0.3, 0.4) is 0 Å². The van der Waals surface area contributed by atoms with Gasteiger partial charge in [-0.1, -0.05) is 23.2 Å². The number of nitrogens with one attached hydrogen (secondary N) is 1. The third-order valence-corrected chi connectivity index (χ3v) is 3.07. The van der Waals surface area contributed by atoms with Crippen molar-refractivity contribution >= 4 is 40.5 Å². The lowest BCUT2D eigenvalue weighted by Gasteiger charge is -2.08. The van der Waals surface area contributed by atoms with Crippen molar-refractivity contribution in [2.24, 2.45) is 0 Å². The molecule has 0 aliphatic rings. The van der Waals surface area contributed by atoms with Gasteiger partial charge in [0, 0.05) is 5.69 Å². The van der Waals surface area contributed by atoms with E-state index in [1.807, 2.05) is 0 Å². The van der Waals surface area contributed by atoms with Crippen LogP contribution in [0.1, 0.15) is 10.4 Å². The molecule has 0 spiro atoms. The summed E-state index contributed by atoms with van der Waals surface area (Å²) >= 11 is 11.6. The number of rotatable bonds is 2. The molecule has 0 atom stereocenters. The standard InChI is InChI=1S/C13H9Cl2FN2O/c14-10-5-7(16)1-3-9(10)13(19)18-8-2-4-12(17)11(15)6-8/h1-6H,17H2,(H,18,19). The normalized spacial score (nSPS) is 10.3. The summed E-state index contributed by atoms with van der Waals surface area (Å²) < 4.78 is 12.9. The van der Waals surface area contributed by atoms with Gasteiger partial charge in [0.25, 0.3) is 5.91 Å². The van der Waals surface area contributed by atoms with Crippen LogP contribution < -0.4 is 11.1 Å².